The second kappa shape index (κ2) is 7.93. The second-order valence-corrected chi connectivity index (χ2v) is 17.4. The SMILES string of the molecule is CC(C)C1=C2[C@H]3CC[C@@H]4[C@@]5(C)C(NS(C)(=O)=O)CCC(C)(C)[C@@H]5CC[C@@]4(C)[C@]3(C)CC[C@@]2(C)CC1=O. The number of nitrogens with one attached hydrogen (secondary N) is 1. The molecule has 0 amide bonds. The van der Waals surface area contributed by atoms with Crippen molar-refractivity contribution in [3.05, 3.63) is 11.1 Å². The number of hydrogen-bond donors (Lipinski definition) is 1. The third kappa shape index (κ3) is 3.46. The van der Waals surface area contributed by atoms with Crippen LogP contribution in [0.5, 0.6) is 0 Å². The highest BCUT2D eigenvalue weighted by atomic mass is 32.2. The van der Waals surface area contributed by atoms with Crippen molar-refractivity contribution >= 4 is 15.8 Å². The Balaban J connectivity index is 1.63. The van der Waals surface area contributed by atoms with Gasteiger partial charge in [-0.2, -0.15) is 0 Å². The van der Waals surface area contributed by atoms with Crippen molar-refractivity contribution in [2.24, 2.45) is 50.7 Å². The van der Waals surface area contributed by atoms with Crippen LogP contribution in [-0.4, -0.2) is 26.5 Å². The zero-order valence-corrected chi connectivity index (χ0v) is 25.2. The molecule has 1 unspecified atom stereocenters. The first-order valence-corrected chi connectivity index (χ1v) is 16.5. The number of ketones is 1. The summed E-state index contributed by atoms with van der Waals surface area (Å²) in [4.78, 5) is 13.3. The average Bonchev–Trinajstić information content (AvgIpc) is 3.00. The van der Waals surface area contributed by atoms with Gasteiger partial charge in [0.2, 0.25) is 10.0 Å². The lowest BCUT2D eigenvalue weighted by atomic mass is 9.32. The molecule has 0 spiro atoms. The van der Waals surface area contributed by atoms with E-state index in [0.717, 1.165) is 37.7 Å². The van der Waals surface area contributed by atoms with Crippen LogP contribution in [0.2, 0.25) is 0 Å². The Morgan fingerprint density at radius 1 is 0.833 bits per heavy atom. The van der Waals surface area contributed by atoms with E-state index in [-0.39, 0.29) is 39.0 Å². The number of carbonyl (C=O) groups excluding carboxylic acids is 1. The van der Waals surface area contributed by atoms with Crippen molar-refractivity contribution in [3.63, 3.8) is 0 Å². The molecule has 8 atom stereocenters. The van der Waals surface area contributed by atoms with E-state index in [9.17, 15) is 13.2 Å². The summed E-state index contributed by atoms with van der Waals surface area (Å²) in [6.07, 6.45) is 11.0. The van der Waals surface area contributed by atoms with Gasteiger partial charge in [0.05, 0.1) is 6.26 Å². The van der Waals surface area contributed by atoms with Crippen LogP contribution in [0.1, 0.15) is 113 Å². The number of sulfonamides is 1. The molecule has 5 aliphatic rings. The van der Waals surface area contributed by atoms with Gasteiger partial charge in [-0.15, -0.1) is 0 Å². The van der Waals surface area contributed by atoms with Gasteiger partial charge in [0.25, 0.3) is 0 Å². The maximum absolute atomic E-state index is 13.3. The fourth-order valence-corrected chi connectivity index (χ4v) is 12.2. The summed E-state index contributed by atoms with van der Waals surface area (Å²) in [5.41, 5.74) is 3.16. The highest BCUT2D eigenvalue weighted by Gasteiger charge is 2.70. The van der Waals surface area contributed by atoms with E-state index in [1.807, 2.05) is 0 Å². The van der Waals surface area contributed by atoms with Crippen LogP contribution in [0.3, 0.4) is 0 Å². The lowest BCUT2D eigenvalue weighted by molar-refractivity contribution is -0.218. The molecule has 36 heavy (non-hydrogen) atoms. The molecule has 0 bridgehead atoms. The van der Waals surface area contributed by atoms with Gasteiger partial charge in [0.1, 0.15) is 0 Å². The molecule has 0 aromatic heterocycles. The third-order valence-electron chi connectivity index (χ3n) is 13.1. The first kappa shape index (κ1) is 26.9. The summed E-state index contributed by atoms with van der Waals surface area (Å²) in [6.45, 7) is 19.2. The second-order valence-electron chi connectivity index (χ2n) is 15.6. The first-order chi connectivity index (χ1) is 16.4. The van der Waals surface area contributed by atoms with Crippen LogP contribution in [0.15, 0.2) is 11.1 Å². The molecule has 5 rings (SSSR count). The number of Topliss-reactive ketones (excluding diaryl/α,β-unsaturated/α-hetero) is 1. The largest absolute Gasteiger partial charge is 0.295 e. The molecule has 0 heterocycles. The van der Waals surface area contributed by atoms with Gasteiger partial charge in [0, 0.05) is 12.5 Å². The number of carbonyl (C=O) groups is 1. The van der Waals surface area contributed by atoms with Crippen LogP contribution in [0, 0.1) is 50.7 Å². The lowest BCUT2D eigenvalue weighted by Crippen LogP contribution is -2.69. The summed E-state index contributed by atoms with van der Waals surface area (Å²) >= 11 is 0. The van der Waals surface area contributed by atoms with Crippen molar-refractivity contribution in [1.82, 2.24) is 4.72 Å². The fourth-order valence-electron chi connectivity index (χ4n) is 11.3. The molecule has 0 saturated heterocycles. The Hall–Kier alpha value is -0.680. The van der Waals surface area contributed by atoms with Gasteiger partial charge >= 0.3 is 0 Å². The highest BCUT2D eigenvalue weighted by molar-refractivity contribution is 7.88. The minimum Gasteiger partial charge on any atom is -0.295 e. The molecule has 4 fully saturated rings. The normalized spacial score (nSPS) is 48.3. The van der Waals surface area contributed by atoms with E-state index in [1.165, 1.54) is 31.1 Å². The van der Waals surface area contributed by atoms with E-state index in [2.05, 4.69) is 60.1 Å². The monoisotopic (exact) mass is 517 g/mol. The maximum Gasteiger partial charge on any atom is 0.208 e. The molecule has 0 aromatic rings. The molecule has 5 aliphatic carbocycles. The minimum absolute atomic E-state index is 0.00246. The highest BCUT2D eigenvalue weighted by Crippen LogP contribution is 2.76. The van der Waals surface area contributed by atoms with Crippen molar-refractivity contribution in [3.8, 4) is 0 Å². The summed E-state index contributed by atoms with van der Waals surface area (Å²) < 4.78 is 28.3. The van der Waals surface area contributed by atoms with Crippen LogP contribution < -0.4 is 4.72 Å². The average molecular weight is 518 g/mol. The van der Waals surface area contributed by atoms with E-state index < -0.39 is 10.0 Å². The van der Waals surface area contributed by atoms with E-state index in [4.69, 9.17) is 0 Å². The quantitative estimate of drug-likeness (QED) is 0.443. The molecule has 4 saturated carbocycles. The summed E-state index contributed by atoms with van der Waals surface area (Å²) in [5.74, 6) is 2.16. The van der Waals surface area contributed by atoms with E-state index >= 15 is 0 Å². The molecule has 0 radical (unpaired) electrons. The van der Waals surface area contributed by atoms with Crippen molar-refractivity contribution in [2.75, 3.05) is 6.26 Å². The Morgan fingerprint density at radius 2 is 1.50 bits per heavy atom. The molecule has 1 N–H and O–H groups in total. The van der Waals surface area contributed by atoms with Crippen LogP contribution >= 0.6 is 0 Å². The predicted molar refractivity (Wildman–Crippen MR) is 147 cm³/mol. The molecule has 0 aliphatic heterocycles. The number of hydrogen-bond acceptors (Lipinski definition) is 3. The molecule has 4 nitrogen and oxygen atoms in total. The fraction of sp³-hybridized carbons (Fsp3) is 0.903. The zero-order valence-electron chi connectivity index (χ0n) is 24.4. The van der Waals surface area contributed by atoms with Crippen molar-refractivity contribution < 1.29 is 13.2 Å². The number of allylic oxidation sites excluding steroid dienone is 2. The van der Waals surface area contributed by atoms with Crippen molar-refractivity contribution in [2.45, 2.75) is 119 Å². The smallest absolute Gasteiger partial charge is 0.208 e. The van der Waals surface area contributed by atoms with Gasteiger partial charge in [-0.3, -0.25) is 4.79 Å². The third-order valence-corrected chi connectivity index (χ3v) is 13.8. The standard InChI is InChI=1S/C31H51NO3S/c1-19(2)25-21(33)18-28(5)16-17-29(6)20(26(25)28)10-11-23-30(29,7)15-12-22-27(3,4)14-13-24(31(22,23)8)32-36(9,34)35/h19-20,22-24,32H,10-18H2,1-9H3/t20-,22+,23+,24?,28+,29-,30-,31+/m1/s1. The van der Waals surface area contributed by atoms with Crippen molar-refractivity contribution in [1.29, 1.82) is 0 Å². The molecular formula is C31H51NO3S. The summed E-state index contributed by atoms with van der Waals surface area (Å²) in [5, 5.41) is 0. The van der Waals surface area contributed by atoms with Crippen LogP contribution in [-0.2, 0) is 14.8 Å². The Kier molecular flexibility index (Phi) is 5.93. The Labute approximate surface area is 220 Å². The number of rotatable bonds is 3. The van der Waals surface area contributed by atoms with Gasteiger partial charge in [-0.05, 0) is 108 Å². The lowest BCUT2D eigenvalue weighted by Gasteiger charge is -2.72. The minimum atomic E-state index is -3.28. The molecule has 5 heteroatoms. The van der Waals surface area contributed by atoms with Gasteiger partial charge in [-0.1, -0.05) is 61.0 Å². The molecule has 0 aromatic carbocycles. The van der Waals surface area contributed by atoms with Gasteiger partial charge in [0.15, 0.2) is 5.78 Å². The Bertz CT molecular complexity index is 1100. The molecular weight excluding hydrogens is 466 g/mol. The van der Waals surface area contributed by atoms with E-state index in [1.54, 1.807) is 0 Å². The number of fused-ring (bicyclic) bond motifs is 7. The van der Waals surface area contributed by atoms with Gasteiger partial charge in [-0.25, -0.2) is 13.1 Å². The summed E-state index contributed by atoms with van der Waals surface area (Å²) in [7, 11) is -3.28. The predicted octanol–water partition coefficient (Wildman–Crippen LogP) is 6.90. The molecule has 204 valence electrons. The first-order valence-electron chi connectivity index (χ1n) is 14.7. The maximum atomic E-state index is 13.3. The zero-order chi connectivity index (χ0) is 26.7. The van der Waals surface area contributed by atoms with E-state index in [0.29, 0.717) is 30.0 Å². The summed E-state index contributed by atoms with van der Waals surface area (Å²) in [6, 6.07) is 0.00246. The van der Waals surface area contributed by atoms with Gasteiger partial charge < -0.3 is 0 Å². The van der Waals surface area contributed by atoms with Crippen LogP contribution in [0.4, 0.5) is 0 Å². The topological polar surface area (TPSA) is 63.2 Å². The Morgan fingerprint density at radius 3 is 2.11 bits per heavy atom. The van der Waals surface area contributed by atoms with Crippen LogP contribution in [0.25, 0.3) is 0 Å².